The lowest BCUT2D eigenvalue weighted by Crippen LogP contribution is -2.28. The lowest BCUT2D eigenvalue weighted by atomic mass is 10.1. The molecular weight excluding hydrogens is 398 g/mol. The summed E-state index contributed by atoms with van der Waals surface area (Å²) in [4.78, 5) is 29.8. The molecule has 0 aliphatic carbocycles. The highest BCUT2D eigenvalue weighted by Gasteiger charge is 2.15. The number of ether oxygens (including phenoxy) is 2. The van der Waals surface area contributed by atoms with Crippen LogP contribution in [0.3, 0.4) is 0 Å². The van der Waals surface area contributed by atoms with Crippen molar-refractivity contribution < 1.29 is 14.3 Å². The Labute approximate surface area is 177 Å². The van der Waals surface area contributed by atoms with E-state index in [1.165, 1.54) is 18.6 Å². The van der Waals surface area contributed by atoms with Crippen molar-refractivity contribution in [2.75, 3.05) is 19.5 Å². The number of amides is 1. The summed E-state index contributed by atoms with van der Waals surface area (Å²) in [5.41, 5.74) is 2.14. The van der Waals surface area contributed by atoms with Gasteiger partial charge in [0.15, 0.2) is 17.1 Å². The van der Waals surface area contributed by atoms with Gasteiger partial charge in [0.1, 0.15) is 12.4 Å². The number of hydrogen-bond donors (Lipinski definition) is 1. The number of hydrogen-bond acceptors (Lipinski definition) is 6. The van der Waals surface area contributed by atoms with E-state index in [0.717, 1.165) is 10.2 Å². The number of carbonyl (C=O) groups is 1. The van der Waals surface area contributed by atoms with E-state index in [9.17, 15) is 9.59 Å². The Morgan fingerprint density at radius 3 is 2.48 bits per heavy atom. The molecule has 0 spiro atoms. The minimum atomic E-state index is -0.429. The number of aryl methyl sites for hydroxylation is 1. The first kappa shape index (κ1) is 20.1. The summed E-state index contributed by atoms with van der Waals surface area (Å²) in [7, 11) is 3.05. The number of carbonyl (C=O) groups excluding carboxylic acids is 1. The Balaban J connectivity index is 1.60. The van der Waals surface area contributed by atoms with Crippen molar-refractivity contribution in [3.63, 3.8) is 0 Å². The Morgan fingerprint density at radius 2 is 1.77 bits per heavy atom. The van der Waals surface area contributed by atoms with E-state index in [4.69, 9.17) is 9.47 Å². The fraction of sp³-hybridized carbons (Fsp3) is 0.182. The molecule has 2 aromatic heterocycles. The zero-order valence-electron chi connectivity index (χ0n) is 17.3. The predicted octanol–water partition coefficient (Wildman–Crippen LogP) is 2.52. The number of aromatic nitrogens is 4. The molecule has 2 aromatic carbocycles. The fourth-order valence-corrected chi connectivity index (χ4v) is 3.31. The van der Waals surface area contributed by atoms with Crippen molar-refractivity contribution in [1.29, 1.82) is 0 Å². The third-order valence-corrected chi connectivity index (χ3v) is 4.77. The van der Waals surface area contributed by atoms with Gasteiger partial charge < -0.3 is 14.8 Å². The van der Waals surface area contributed by atoms with E-state index in [1.807, 2.05) is 30.3 Å². The van der Waals surface area contributed by atoms with E-state index in [0.29, 0.717) is 34.4 Å². The molecule has 0 saturated heterocycles. The molecule has 0 fully saturated rings. The largest absolute Gasteiger partial charge is 0.493 e. The summed E-state index contributed by atoms with van der Waals surface area (Å²) in [6, 6.07) is 16.4. The van der Waals surface area contributed by atoms with Crippen LogP contribution < -0.4 is 20.5 Å². The first-order valence-corrected chi connectivity index (χ1v) is 9.54. The maximum Gasteiger partial charge on any atom is 0.352 e. The molecule has 2 heterocycles. The summed E-state index contributed by atoms with van der Waals surface area (Å²) in [5.74, 6) is 1.13. The van der Waals surface area contributed by atoms with Gasteiger partial charge in [0, 0.05) is 23.4 Å². The van der Waals surface area contributed by atoms with Crippen molar-refractivity contribution in [3.8, 4) is 22.8 Å². The van der Waals surface area contributed by atoms with Gasteiger partial charge in [0.25, 0.3) is 0 Å². The Kier molecular flexibility index (Phi) is 5.40. The summed E-state index contributed by atoms with van der Waals surface area (Å²) in [5, 5.41) is 7.06. The van der Waals surface area contributed by atoms with E-state index in [1.54, 1.807) is 31.2 Å². The second kappa shape index (κ2) is 8.31. The van der Waals surface area contributed by atoms with Gasteiger partial charge in [0.05, 0.1) is 19.9 Å². The zero-order valence-corrected chi connectivity index (χ0v) is 17.3. The molecule has 31 heavy (non-hydrogen) atoms. The summed E-state index contributed by atoms with van der Waals surface area (Å²) in [6.45, 7) is 1.49. The molecule has 1 amide bonds. The van der Waals surface area contributed by atoms with Gasteiger partial charge in [-0.3, -0.25) is 4.79 Å². The molecule has 0 aliphatic heterocycles. The van der Waals surface area contributed by atoms with Gasteiger partial charge in [-0.25, -0.2) is 18.9 Å². The highest BCUT2D eigenvalue weighted by molar-refractivity contribution is 5.90. The number of fused-ring (bicyclic) bond motifs is 1. The summed E-state index contributed by atoms with van der Waals surface area (Å²) < 4.78 is 12.9. The number of benzene rings is 2. The standard InChI is InChI=1S/C22H21N5O4/c1-14-23-17(15-7-5-4-6-8-15)12-20-25-26(22(29)27(14)20)13-21(28)24-16-9-10-18(30-2)19(11-16)31-3/h4-12H,13H2,1-3H3,(H,24,28). The Hall–Kier alpha value is -4.14. The number of anilines is 1. The molecule has 4 aromatic rings. The van der Waals surface area contributed by atoms with Crippen LogP contribution >= 0.6 is 0 Å². The molecule has 0 bridgehead atoms. The first-order valence-electron chi connectivity index (χ1n) is 9.54. The normalized spacial score (nSPS) is 10.8. The van der Waals surface area contributed by atoms with Gasteiger partial charge in [-0.1, -0.05) is 30.3 Å². The maximum absolute atomic E-state index is 12.8. The number of nitrogens with one attached hydrogen (secondary N) is 1. The first-order chi connectivity index (χ1) is 15.0. The van der Waals surface area contributed by atoms with Crippen LogP contribution in [0.2, 0.25) is 0 Å². The molecule has 0 aliphatic rings. The Bertz CT molecular complexity index is 1310. The van der Waals surface area contributed by atoms with Crippen molar-refractivity contribution in [1.82, 2.24) is 19.2 Å². The van der Waals surface area contributed by atoms with Gasteiger partial charge in [0.2, 0.25) is 5.91 Å². The van der Waals surface area contributed by atoms with Gasteiger partial charge in [-0.2, -0.15) is 0 Å². The average molecular weight is 419 g/mol. The molecule has 0 radical (unpaired) electrons. The van der Waals surface area contributed by atoms with Crippen LogP contribution in [0.15, 0.2) is 59.4 Å². The summed E-state index contributed by atoms with van der Waals surface area (Å²) >= 11 is 0. The van der Waals surface area contributed by atoms with E-state index >= 15 is 0 Å². The maximum atomic E-state index is 12.8. The second-order valence-electron chi connectivity index (χ2n) is 6.81. The molecule has 9 nitrogen and oxygen atoms in total. The van der Waals surface area contributed by atoms with Crippen LogP contribution in [0.1, 0.15) is 5.82 Å². The third kappa shape index (κ3) is 3.97. The van der Waals surface area contributed by atoms with Crippen LogP contribution in [0.25, 0.3) is 16.9 Å². The molecule has 4 rings (SSSR count). The van der Waals surface area contributed by atoms with Crippen LogP contribution in [0.4, 0.5) is 5.69 Å². The van der Waals surface area contributed by atoms with E-state index in [-0.39, 0.29) is 6.54 Å². The second-order valence-corrected chi connectivity index (χ2v) is 6.81. The van der Waals surface area contributed by atoms with Gasteiger partial charge in [-0.15, -0.1) is 5.10 Å². The lowest BCUT2D eigenvalue weighted by Gasteiger charge is -2.10. The molecule has 0 unspecified atom stereocenters. The number of nitrogens with zero attached hydrogens (tertiary/aromatic N) is 4. The van der Waals surface area contributed by atoms with Crippen molar-refractivity contribution >= 4 is 17.2 Å². The van der Waals surface area contributed by atoms with E-state index in [2.05, 4.69) is 15.4 Å². The smallest absolute Gasteiger partial charge is 0.352 e. The van der Waals surface area contributed by atoms with Crippen molar-refractivity contribution in [3.05, 3.63) is 70.9 Å². The fourth-order valence-electron chi connectivity index (χ4n) is 3.31. The highest BCUT2D eigenvalue weighted by atomic mass is 16.5. The van der Waals surface area contributed by atoms with Gasteiger partial charge in [-0.05, 0) is 19.1 Å². The topological polar surface area (TPSA) is 99.7 Å². The quantitative estimate of drug-likeness (QED) is 0.516. The van der Waals surface area contributed by atoms with Crippen molar-refractivity contribution in [2.45, 2.75) is 13.5 Å². The van der Waals surface area contributed by atoms with Crippen LogP contribution in [-0.4, -0.2) is 39.3 Å². The van der Waals surface area contributed by atoms with Crippen LogP contribution in [-0.2, 0) is 11.3 Å². The molecule has 0 saturated carbocycles. The van der Waals surface area contributed by atoms with Crippen molar-refractivity contribution in [2.24, 2.45) is 0 Å². The predicted molar refractivity (Wildman–Crippen MR) is 116 cm³/mol. The molecule has 0 atom stereocenters. The number of rotatable bonds is 6. The SMILES string of the molecule is COc1ccc(NC(=O)Cn2nc3cc(-c4ccccc4)nc(C)n3c2=O)cc1OC. The molecule has 1 N–H and O–H groups in total. The van der Waals surface area contributed by atoms with Crippen LogP contribution in [0.5, 0.6) is 11.5 Å². The minimum Gasteiger partial charge on any atom is -0.493 e. The lowest BCUT2D eigenvalue weighted by molar-refractivity contribution is -0.117. The molecule has 158 valence electrons. The minimum absolute atomic E-state index is 0.241. The van der Waals surface area contributed by atoms with E-state index < -0.39 is 11.6 Å². The Morgan fingerprint density at radius 1 is 1.03 bits per heavy atom. The molecular formula is C22H21N5O4. The van der Waals surface area contributed by atoms with Crippen LogP contribution in [0, 0.1) is 6.92 Å². The highest BCUT2D eigenvalue weighted by Crippen LogP contribution is 2.29. The zero-order chi connectivity index (χ0) is 22.0. The number of methoxy groups -OCH3 is 2. The average Bonchev–Trinajstić information content (AvgIpc) is 3.09. The van der Waals surface area contributed by atoms with Gasteiger partial charge >= 0.3 is 5.69 Å². The summed E-state index contributed by atoms with van der Waals surface area (Å²) in [6.07, 6.45) is 0. The molecule has 9 heteroatoms. The monoisotopic (exact) mass is 419 g/mol. The third-order valence-electron chi connectivity index (χ3n) is 4.77.